The van der Waals surface area contributed by atoms with Gasteiger partial charge in [0.25, 0.3) is 15.0 Å². The van der Waals surface area contributed by atoms with Gasteiger partial charge in [0.2, 0.25) is 0 Å². The fraction of sp³-hybridized carbons (Fsp3) is 0.435. The molecule has 0 bridgehead atoms. The highest BCUT2D eigenvalue weighted by molar-refractivity contribution is 7.90. The fourth-order valence-electron chi connectivity index (χ4n) is 3.63. The minimum absolute atomic E-state index is 0.0573. The van der Waals surface area contributed by atoms with Gasteiger partial charge in [0.15, 0.2) is 0 Å². The lowest BCUT2D eigenvalue weighted by Crippen LogP contribution is -2.53. The van der Waals surface area contributed by atoms with E-state index in [0.29, 0.717) is 16.5 Å². The van der Waals surface area contributed by atoms with E-state index in [2.05, 4.69) is 43.8 Å². The summed E-state index contributed by atoms with van der Waals surface area (Å²) in [5.41, 5.74) is 1.12. The summed E-state index contributed by atoms with van der Waals surface area (Å²) in [7, 11) is -3.62. The summed E-state index contributed by atoms with van der Waals surface area (Å²) in [6, 6.07) is 9.13. The van der Waals surface area contributed by atoms with Crippen LogP contribution in [0.25, 0.3) is 10.9 Å². The molecule has 33 heavy (non-hydrogen) atoms. The summed E-state index contributed by atoms with van der Waals surface area (Å²) in [4.78, 5) is 22.2. The lowest BCUT2D eigenvalue weighted by Gasteiger charge is -2.38. The Bertz CT molecular complexity index is 1280. The summed E-state index contributed by atoms with van der Waals surface area (Å²) in [5.74, 6) is -0.732. The van der Waals surface area contributed by atoms with Crippen LogP contribution in [0.3, 0.4) is 0 Å². The highest BCUT2D eigenvalue weighted by Gasteiger charge is 2.55. The molecule has 1 unspecified atom stereocenters. The number of ether oxygens (including phenoxy) is 1. The van der Waals surface area contributed by atoms with Crippen molar-refractivity contribution in [1.29, 1.82) is 0 Å². The minimum atomic E-state index is -4.25. The summed E-state index contributed by atoms with van der Waals surface area (Å²) < 4.78 is 34.8. The van der Waals surface area contributed by atoms with Crippen LogP contribution < -0.4 is 5.32 Å². The third kappa shape index (κ3) is 4.00. The number of hydrogen-bond donors (Lipinski definition) is 1. The summed E-state index contributed by atoms with van der Waals surface area (Å²) >= 11 is 0. The van der Waals surface area contributed by atoms with E-state index < -0.39 is 29.0 Å². The Morgan fingerprint density at radius 1 is 1.15 bits per heavy atom. The number of carbonyl (C=O) groups excluding carboxylic acids is 1. The number of fused-ring (bicyclic) bond motifs is 1. The Hall–Kier alpha value is -2.56. The zero-order chi connectivity index (χ0) is 24.8. The number of nitrogens with one attached hydrogen (secondary N) is 1. The topological polar surface area (TPSA) is 105 Å². The lowest BCUT2D eigenvalue weighted by atomic mass is 10.0. The van der Waals surface area contributed by atoms with Gasteiger partial charge in [-0.25, -0.2) is 17.7 Å². The fourth-order valence-corrected chi connectivity index (χ4v) is 6.88. The van der Waals surface area contributed by atoms with Crippen LogP contribution in [-0.4, -0.2) is 55.8 Å². The summed E-state index contributed by atoms with van der Waals surface area (Å²) in [5, 5.41) is 1.35. The van der Waals surface area contributed by atoms with Crippen molar-refractivity contribution in [2.45, 2.75) is 50.8 Å². The Balaban J connectivity index is 2.59. The molecule has 0 aliphatic heterocycles. The molecule has 2 heterocycles. The maximum absolute atomic E-state index is 14.0. The van der Waals surface area contributed by atoms with E-state index in [1.54, 1.807) is 6.07 Å². The zero-order valence-corrected chi connectivity index (χ0v) is 22.2. The van der Waals surface area contributed by atoms with E-state index in [-0.39, 0.29) is 10.7 Å². The number of aromatic nitrogens is 3. The van der Waals surface area contributed by atoms with E-state index in [9.17, 15) is 13.2 Å². The number of carbonyl (C=O) groups is 1. The van der Waals surface area contributed by atoms with Gasteiger partial charge in [-0.15, -0.1) is 0 Å². The van der Waals surface area contributed by atoms with Gasteiger partial charge in [-0.3, -0.25) is 9.78 Å². The van der Waals surface area contributed by atoms with Crippen molar-refractivity contribution >= 4 is 40.3 Å². The van der Waals surface area contributed by atoms with E-state index >= 15 is 0 Å². The average Bonchev–Trinajstić information content (AvgIpc) is 3.25. The molecule has 178 valence electrons. The minimum Gasteiger partial charge on any atom is -0.431 e. The quantitative estimate of drug-likeness (QED) is 0.421. The zero-order valence-electron chi connectivity index (χ0n) is 20.4. The molecule has 0 fully saturated rings. The SMILES string of the molecule is CC(=O)OC(c1cnc[nH]1)(c1cc([Si](C)(C)C(C)(C)C)nc2ccccc12)S(=O)(=O)N(C)C. The van der Waals surface area contributed by atoms with Crippen LogP contribution in [0.2, 0.25) is 18.1 Å². The molecular weight excluding hydrogens is 456 g/mol. The maximum Gasteiger partial charge on any atom is 0.304 e. The monoisotopic (exact) mass is 488 g/mol. The van der Waals surface area contributed by atoms with Crippen LogP contribution in [0.15, 0.2) is 42.9 Å². The van der Waals surface area contributed by atoms with Gasteiger partial charge >= 0.3 is 5.97 Å². The first kappa shape index (κ1) is 25.1. The molecule has 0 radical (unpaired) electrons. The molecule has 0 amide bonds. The number of hydrogen-bond acceptors (Lipinski definition) is 6. The van der Waals surface area contributed by atoms with Crippen LogP contribution >= 0.6 is 0 Å². The smallest absolute Gasteiger partial charge is 0.304 e. The molecule has 0 spiro atoms. The first-order chi connectivity index (χ1) is 15.2. The number of imidazole rings is 1. The van der Waals surface area contributed by atoms with Gasteiger partial charge in [0.1, 0.15) is 13.8 Å². The molecule has 0 aliphatic carbocycles. The first-order valence-electron chi connectivity index (χ1n) is 10.7. The molecule has 10 heteroatoms. The number of esters is 1. The van der Waals surface area contributed by atoms with Crippen LogP contribution in [-0.2, 0) is 24.5 Å². The van der Waals surface area contributed by atoms with Crippen molar-refractivity contribution in [1.82, 2.24) is 19.3 Å². The maximum atomic E-state index is 14.0. The van der Waals surface area contributed by atoms with Crippen molar-refractivity contribution in [3.05, 3.63) is 54.1 Å². The summed E-state index contributed by atoms with van der Waals surface area (Å²) in [6.07, 6.45) is 2.75. The van der Waals surface area contributed by atoms with Gasteiger partial charge in [-0.1, -0.05) is 52.1 Å². The van der Waals surface area contributed by atoms with E-state index in [4.69, 9.17) is 9.72 Å². The Labute approximate surface area is 196 Å². The molecule has 3 rings (SSSR count). The van der Waals surface area contributed by atoms with Crippen molar-refractivity contribution in [2.75, 3.05) is 14.1 Å². The second kappa shape index (κ2) is 8.34. The van der Waals surface area contributed by atoms with Gasteiger partial charge in [0.05, 0.1) is 18.0 Å². The van der Waals surface area contributed by atoms with Crippen LogP contribution in [0.4, 0.5) is 0 Å². The number of pyridine rings is 1. The first-order valence-corrected chi connectivity index (χ1v) is 15.1. The third-order valence-corrected chi connectivity index (χ3v) is 14.1. The van der Waals surface area contributed by atoms with Crippen molar-refractivity contribution in [2.24, 2.45) is 0 Å². The largest absolute Gasteiger partial charge is 0.431 e. The predicted molar refractivity (Wildman–Crippen MR) is 132 cm³/mol. The van der Waals surface area contributed by atoms with E-state index in [1.807, 2.05) is 24.3 Å². The number of sulfonamides is 1. The standard InChI is InChI=1S/C23H32N4O4SSi/c1-16(28)31-23(20-14-24-15-25-20,32(29,30)27(5)6)18-13-21(33(7,8)22(2,3)4)26-19-12-10-9-11-17(18)19/h9-15H,1-8H3,(H,24,25). The predicted octanol–water partition coefficient (Wildman–Crippen LogP) is 3.33. The van der Waals surface area contributed by atoms with Gasteiger partial charge in [-0.05, 0) is 17.2 Å². The Morgan fingerprint density at radius 3 is 2.30 bits per heavy atom. The molecule has 3 aromatic rings. The third-order valence-electron chi connectivity index (χ3n) is 6.57. The average molecular weight is 489 g/mol. The number of nitrogens with zero attached hydrogens (tertiary/aromatic N) is 3. The molecule has 2 aromatic heterocycles. The molecule has 1 atom stereocenters. The normalized spacial score (nSPS) is 14.9. The Kier molecular flexibility index (Phi) is 6.33. The molecule has 0 aliphatic rings. The number of aromatic amines is 1. The second-order valence-corrected chi connectivity index (χ2v) is 17.4. The molecular formula is C23H32N4O4SSi. The van der Waals surface area contributed by atoms with Crippen molar-refractivity contribution in [3.8, 4) is 0 Å². The number of rotatable bonds is 6. The Morgan fingerprint density at radius 2 is 1.79 bits per heavy atom. The highest BCUT2D eigenvalue weighted by atomic mass is 32.2. The van der Waals surface area contributed by atoms with Crippen LogP contribution in [0, 0.1) is 0 Å². The highest BCUT2D eigenvalue weighted by Crippen LogP contribution is 2.43. The summed E-state index contributed by atoms with van der Waals surface area (Å²) in [6.45, 7) is 12.1. The molecule has 8 nitrogen and oxygen atoms in total. The number of H-pyrrole nitrogens is 1. The van der Waals surface area contributed by atoms with Crippen LogP contribution in [0.5, 0.6) is 0 Å². The second-order valence-electron chi connectivity index (χ2n) is 9.91. The van der Waals surface area contributed by atoms with Gasteiger partial charge < -0.3 is 9.72 Å². The lowest BCUT2D eigenvalue weighted by molar-refractivity contribution is -0.148. The molecule has 1 aromatic carbocycles. The molecule has 1 N–H and O–H groups in total. The van der Waals surface area contributed by atoms with E-state index in [0.717, 1.165) is 9.62 Å². The molecule has 0 saturated carbocycles. The van der Waals surface area contributed by atoms with Crippen molar-refractivity contribution < 1.29 is 17.9 Å². The van der Waals surface area contributed by atoms with Crippen molar-refractivity contribution in [3.63, 3.8) is 0 Å². The number of benzene rings is 1. The van der Waals surface area contributed by atoms with Gasteiger partial charge in [0, 0.05) is 37.3 Å². The van der Waals surface area contributed by atoms with Crippen LogP contribution in [0.1, 0.15) is 39.0 Å². The molecule has 0 saturated heterocycles. The van der Waals surface area contributed by atoms with E-state index in [1.165, 1.54) is 33.5 Å². The van der Waals surface area contributed by atoms with Gasteiger partial charge in [-0.2, -0.15) is 0 Å². The number of para-hydroxylation sites is 1.